The van der Waals surface area contributed by atoms with Crippen LogP contribution < -0.4 is 5.73 Å². The van der Waals surface area contributed by atoms with E-state index in [0.29, 0.717) is 0 Å². The Morgan fingerprint density at radius 1 is 1.92 bits per heavy atom. The van der Waals surface area contributed by atoms with Crippen molar-refractivity contribution in [1.29, 1.82) is 0 Å². The van der Waals surface area contributed by atoms with Gasteiger partial charge in [-0.25, -0.2) is 4.37 Å². The number of esters is 1. The predicted octanol–water partition coefficient (Wildman–Crippen LogP) is 0.706. The van der Waals surface area contributed by atoms with Gasteiger partial charge in [-0.3, -0.25) is 4.79 Å². The van der Waals surface area contributed by atoms with Crippen LogP contribution in [0.5, 0.6) is 0 Å². The summed E-state index contributed by atoms with van der Waals surface area (Å²) in [7, 11) is 1.35. The van der Waals surface area contributed by atoms with E-state index in [9.17, 15) is 4.79 Å². The first-order valence-electron chi connectivity index (χ1n) is 3.45. The van der Waals surface area contributed by atoms with Crippen molar-refractivity contribution in [2.75, 3.05) is 7.11 Å². The summed E-state index contributed by atoms with van der Waals surface area (Å²) in [5.74, 6) is -0.297. The molecule has 0 aliphatic carbocycles. The van der Waals surface area contributed by atoms with Crippen molar-refractivity contribution < 1.29 is 9.53 Å². The van der Waals surface area contributed by atoms with Crippen LogP contribution in [-0.4, -0.2) is 17.5 Å². The van der Waals surface area contributed by atoms with Gasteiger partial charge < -0.3 is 10.5 Å². The highest BCUT2D eigenvalue weighted by molar-refractivity contribution is 7.03. The molecule has 0 spiro atoms. The van der Waals surface area contributed by atoms with Crippen LogP contribution in [0.15, 0.2) is 11.6 Å². The van der Waals surface area contributed by atoms with Gasteiger partial charge in [0.05, 0.1) is 13.5 Å². The molecule has 1 unspecified atom stereocenters. The number of ether oxygens (including phenoxy) is 1. The fraction of sp³-hybridized carbons (Fsp3) is 0.429. The lowest BCUT2D eigenvalue weighted by Crippen LogP contribution is -2.15. The van der Waals surface area contributed by atoms with E-state index in [1.165, 1.54) is 18.6 Å². The van der Waals surface area contributed by atoms with Gasteiger partial charge in [0, 0.05) is 23.2 Å². The molecule has 1 atom stereocenters. The molecule has 1 rings (SSSR count). The van der Waals surface area contributed by atoms with Crippen molar-refractivity contribution in [3.63, 3.8) is 0 Å². The van der Waals surface area contributed by atoms with Crippen LogP contribution in [0, 0.1) is 0 Å². The first kappa shape index (κ1) is 9.15. The van der Waals surface area contributed by atoms with Gasteiger partial charge in [-0.2, -0.15) is 0 Å². The van der Waals surface area contributed by atoms with Gasteiger partial charge in [0.2, 0.25) is 0 Å². The Kier molecular flexibility index (Phi) is 3.19. The molecule has 5 heteroatoms. The standard InChI is InChI=1S/C7H10N2O2S/c1-11-7(10)2-6(8)5-3-9-12-4-5/h3-4,6H,2,8H2,1H3. The molecule has 12 heavy (non-hydrogen) atoms. The van der Waals surface area contributed by atoms with Crippen LogP contribution >= 0.6 is 11.5 Å². The maximum Gasteiger partial charge on any atom is 0.307 e. The first-order chi connectivity index (χ1) is 5.74. The second kappa shape index (κ2) is 4.18. The summed E-state index contributed by atoms with van der Waals surface area (Å²) in [5, 5.41) is 1.83. The van der Waals surface area contributed by atoms with E-state index in [1.807, 2.05) is 5.38 Å². The van der Waals surface area contributed by atoms with Gasteiger partial charge in [0.15, 0.2) is 0 Å². The maximum absolute atomic E-state index is 10.8. The molecule has 1 aromatic heterocycles. The van der Waals surface area contributed by atoms with Crippen LogP contribution in [-0.2, 0) is 9.53 Å². The number of nitrogens with two attached hydrogens (primary N) is 1. The molecule has 66 valence electrons. The highest BCUT2D eigenvalue weighted by Gasteiger charge is 2.12. The van der Waals surface area contributed by atoms with Crippen LogP contribution in [0.3, 0.4) is 0 Å². The third kappa shape index (κ3) is 2.28. The van der Waals surface area contributed by atoms with Crippen molar-refractivity contribution in [1.82, 2.24) is 4.37 Å². The van der Waals surface area contributed by atoms with Crippen molar-refractivity contribution in [2.45, 2.75) is 12.5 Å². The quantitative estimate of drug-likeness (QED) is 0.706. The molecular formula is C7H10N2O2S. The van der Waals surface area contributed by atoms with Gasteiger partial charge in [0.1, 0.15) is 0 Å². The number of methoxy groups -OCH3 is 1. The van der Waals surface area contributed by atoms with Gasteiger partial charge in [-0.15, -0.1) is 0 Å². The monoisotopic (exact) mass is 186 g/mol. The van der Waals surface area contributed by atoms with E-state index < -0.39 is 0 Å². The Morgan fingerprint density at radius 2 is 2.67 bits per heavy atom. The number of nitrogens with zero attached hydrogens (tertiary/aromatic N) is 1. The summed E-state index contributed by atoms with van der Waals surface area (Å²) in [6.45, 7) is 0. The lowest BCUT2D eigenvalue weighted by atomic mass is 10.1. The molecular weight excluding hydrogens is 176 g/mol. The predicted molar refractivity (Wildman–Crippen MR) is 45.7 cm³/mol. The zero-order chi connectivity index (χ0) is 8.97. The van der Waals surface area contributed by atoms with E-state index in [1.54, 1.807) is 6.20 Å². The minimum atomic E-state index is -0.297. The Balaban J connectivity index is 2.49. The summed E-state index contributed by atoms with van der Waals surface area (Å²) >= 11 is 1.32. The van der Waals surface area contributed by atoms with E-state index in [-0.39, 0.29) is 18.4 Å². The molecule has 0 amide bonds. The summed E-state index contributed by atoms with van der Waals surface area (Å²) in [4.78, 5) is 10.8. The molecule has 1 heterocycles. The second-order valence-electron chi connectivity index (χ2n) is 2.34. The summed E-state index contributed by atoms with van der Waals surface area (Å²) in [6, 6.07) is -0.295. The van der Waals surface area contributed by atoms with E-state index in [0.717, 1.165) is 5.56 Å². The zero-order valence-corrected chi connectivity index (χ0v) is 7.50. The summed E-state index contributed by atoms with van der Waals surface area (Å²) in [5.41, 5.74) is 6.56. The Hall–Kier alpha value is -0.940. The molecule has 0 radical (unpaired) electrons. The van der Waals surface area contributed by atoms with E-state index >= 15 is 0 Å². The largest absolute Gasteiger partial charge is 0.469 e. The molecule has 0 aliphatic heterocycles. The normalized spacial score (nSPS) is 12.5. The number of carbonyl (C=O) groups is 1. The van der Waals surface area contributed by atoms with E-state index in [2.05, 4.69) is 9.11 Å². The molecule has 2 N–H and O–H groups in total. The van der Waals surface area contributed by atoms with Gasteiger partial charge >= 0.3 is 5.97 Å². The summed E-state index contributed by atoms with van der Waals surface area (Å²) in [6.07, 6.45) is 1.87. The molecule has 0 aliphatic rings. The average molecular weight is 186 g/mol. The van der Waals surface area contributed by atoms with Crippen LogP contribution in [0.1, 0.15) is 18.0 Å². The first-order valence-corrected chi connectivity index (χ1v) is 4.29. The SMILES string of the molecule is COC(=O)CC(N)c1cnsc1. The molecule has 0 bridgehead atoms. The van der Waals surface area contributed by atoms with Gasteiger partial charge in [-0.05, 0) is 11.5 Å². The topological polar surface area (TPSA) is 65.2 Å². The number of aromatic nitrogens is 1. The molecule has 4 nitrogen and oxygen atoms in total. The second-order valence-corrected chi connectivity index (χ2v) is 3.00. The van der Waals surface area contributed by atoms with Crippen LogP contribution in [0.4, 0.5) is 0 Å². The Bertz CT molecular complexity index is 248. The lowest BCUT2D eigenvalue weighted by Gasteiger charge is -2.06. The molecule has 0 saturated carbocycles. The smallest absolute Gasteiger partial charge is 0.307 e. The van der Waals surface area contributed by atoms with Crippen molar-refractivity contribution in [2.24, 2.45) is 5.73 Å². The number of carbonyl (C=O) groups excluding carboxylic acids is 1. The summed E-state index contributed by atoms with van der Waals surface area (Å²) < 4.78 is 8.37. The van der Waals surface area contributed by atoms with Crippen molar-refractivity contribution in [3.8, 4) is 0 Å². The lowest BCUT2D eigenvalue weighted by molar-refractivity contribution is -0.141. The number of hydrogen-bond acceptors (Lipinski definition) is 5. The number of rotatable bonds is 3. The average Bonchev–Trinajstić information content (AvgIpc) is 2.56. The zero-order valence-electron chi connectivity index (χ0n) is 6.69. The van der Waals surface area contributed by atoms with Crippen molar-refractivity contribution in [3.05, 3.63) is 17.1 Å². The minimum Gasteiger partial charge on any atom is -0.469 e. The highest BCUT2D eigenvalue weighted by atomic mass is 32.1. The van der Waals surface area contributed by atoms with E-state index in [4.69, 9.17) is 5.73 Å². The fourth-order valence-electron chi connectivity index (χ4n) is 0.777. The molecule has 0 aromatic carbocycles. The number of hydrogen-bond donors (Lipinski definition) is 1. The highest BCUT2D eigenvalue weighted by Crippen LogP contribution is 2.14. The Labute approximate surface area is 74.5 Å². The van der Waals surface area contributed by atoms with Gasteiger partial charge in [-0.1, -0.05) is 0 Å². The van der Waals surface area contributed by atoms with Crippen LogP contribution in [0.2, 0.25) is 0 Å². The minimum absolute atomic E-state index is 0.203. The van der Waals surface area contributed by atoms with Crippen molar-refractivity contribution >= 4 is 17.5 Å². The third-order valence-corrected chi connectivity index (χ3v) is 2.10. The molecule has 1 aromatic rings. The molecule has 0 saturated heterocycles. The Morgan fingerprint density at radius 3 is 3.17 bits per heavy atom. The van der Waals surface area contributed by atoms with Crippen LogP contribution in [0.25, 0.3) is 0 Å². The van der Waals surface area contributed by atoms with Gasteiger partial charge in [0.25, 0.3) is 0 Å². The third-order valence-electron chi connectivity index (χ3n) is 1.49. The fourth-order valence-corrected chi connectivity index (χ4v) is 1.38. The molecule has 0 fully saturated rings. The maximum atomic E-state index is 10.8.